The zero-order valence-corrected chi connectivity index (χ0v) is 11.4. The van der Waals surface area contributed by atoms with E-state index in [1.165, 1.54) is 22.2 Å². The monoisotopic (exact) mass is 250 g/mol. The fraction of sp³-hybridized carbons (Fsp3) is 0.176. The molecule has 1 heterocycles. The summed E-state index contributed by atoms with van der Waals surface area (Å²) in [6.45, 7) is 0.959. The number of para-hydroxylation sites is 2. The molecule has 0 spiro atoms. The third-order valence-corrected chi connectivity index (χ3v) is 3.32. The number of hydrogen-bond donors (Lipinski definition) is 0. The van der Waals surface area contributed by atoms with Gasteiger partial charge in [-0.25, -0.2) is 0 Å². The Balaban J connectivity index is 2.20. The van der Waals surface area contributed by atoms with E-state index in [0.717, 1.165) is 6.54 Å². The van der Waals surface area contributed by atoms with Crippen molar-refractivity contribution in [2.24, 2.45) is 0 Å². The van der Waals surface area contributed by atoms with Crippen molar-refractivity contribution in [1.29, 1.82) is 0 Å². The molecule has 0 amide bonds. The molecule has 0 saturated heterocycles. The second-order valence-corrected chi connectivity index (χ2v) is 5.11. The average Bonchev–Trinajstić information content (AvgIpc) is 2.78. The second kappa shape index (κ2) is 4.90. The predicted octanol–water partition coefficient (Wildman–Crippen LogP) is 3.69. The van der Waals surface area contributed by atoms with Crippen LogP contribution in [0.5, 0.6) is 0 Å². The van der Waals surface area contributed by atoms with Gasteiger partial charge in [0.2, 0.25) is 0 Å². The van der Waals surface area contributed by atoms with Gasteiger partial charge in [0.1, 0.15) is 0 Å². The Morgan fingerprint density at radius 1 is 0.895 bits per heavy atom. The Morgan fingerprint density at radius 2 is 1.58 bits per heavy atom. The molecule has 2 heteroatoms. The van der Waals surface area contributed by atoms with Gasteiger partial charge in [-0.2, -0.15) is 0 Å². The van der Waals surface area contributed by atoms with Gasteiger partial charge in [-0.3, -0.25) is 0 Å². The highest BCUT2D eigenvalue weighted by atomic mass is 15.1. The lowest BCUT2D eigenvalue weighted by Crippen LogP contribution is -2.10. The minimum Gasteiger partial charge on any atom is -0.316 e. The summed E-state index contributed by atoms with van der Waals surface area (Å²) in [4.78, 5) is 2.21. The van der Waals surface area contributed by atoms with Crippen LogP contribution in [0, 0.1) is 0 Å². The molecule has 0 aliphatic rings. The minimum atomic E-state index is 0.959. The molecule has 0 aliphatic heterocycles. The molecule has 0 unspecified atom stereocenters. The molecular weight excluding hydrogens is 232 g/mol. The van der Waals surface area contributed by atoms with Crippen molar-refractivity contribution < 1.29 is 0 Å². The molecule has 0 N–H and O–H groups in total. The second-order valence-electron chi connectivity index (χ2n) is 5.11. The summed E-state index contributed by atoms with van der Waals surface area (Å²) < 4.78 is 2.27. The zero-order valence-electron chi connectivity index (χ0n) is 11.4. The van der Waals surface area contributed by atoms with Crippen LogP contribution in [0.4, 0.5) is 0 Å². The van der Waals surface area contributed by atoms with Gasteiger partial charge in [-0.1, -0.05) is 36.4 Å². The van der Waals surface area contributed by atoms with Gasteiger partial charge in [0, 0.05) is 23.8 Å². The minimum absolute atomic E-state index is 0.959. The standard InChI is InChI=1S/C17H18N2/c1-18(2)12-14-13-19(15-8-4-3-5-9-15)17-11-7-6-10-16(14)17/h3-11,13H,12H2,1-2H3. The molecule has 3 aromatic rings. The summed E-state index contributed by atoms with van der Waals surface area (Å²) in [5.74, 6) is 0. The molecule has 0 bridgehead atoms. The molecule has 0 atom stereocenters. The molecule has 1 aromatic heterocycles. The quantitative estimate of drug-likeness (QED) is 0.688. The Labute approximate surface area is 113 Å². The van der Waals surface area contributed by atoms with Crippen molar-refractivity contribution >= 4 is 10.9 Å². The average molecular weight is 250 g/mol. The molecule has 3 rings (SSSR count). The summed E-state index contributed by atoms with van der Waals surface area (Å²) in [5.41, 5.74) is 3.85. The molecular formula is C17H18N2. The van der Waals surface area contributed by atoms with Gasteiger partial charge in [0.25, 0.3) is 0 Å². The lowest BCUT2D eigenvalue weighted by Gasteiger charge is -2.07. The maximum Gasteiger partial charge on any atom is 0.0531 e. The Morgan fingerprint density at radius 3 is 2.32 bits per heavy atom. The van der Waals surface area contributed by atoms with Crippen LogP contribution in [0.2, 0.25) is 0 Å². The van der Waals surface area contributed by atoms with Crippen molar-refractivity contribution in [3.63, 3.8) is 0 Å². The largest absolute Gasteiger partial charge is 0.316 e. The van der Waals surface area contributed by atoms with Crippen LogP contribution >= 0.6 is 0 Å². The van der Waals surface area contributed by atoms with E-state index < -0.39 is 0 Å². The third-order valence-electron chi connectivity index (χ3n) is 3.32. The topological polar surface area (TPSA) is 8.17 Å². The number of hydrogen-bond acceptors (Lipinski definition) is 1. The number of nitrogens with zero attached hydrogens (tertiary/aromatic N) is 2. The summed E-state index contributed by atoms with van der Waals surface area (Å²) >= 11 is 0. The summed E-state index contributed by atoms with van der Waals surface area (Å²) in [6.07, 6.45) is 2.25. The normalized spacial score (nSPS) is 11.3. The number of aromatic nitrogens is 1. The highest BCUT2D eigenvalue weighted by Crippen LogP contribution is 2.25. The van der Waals surface area contributed by atoms with Crippen molar-refractivity contribution in [1.82, 2.24) is 9.47 Å². The molecule has 96 valence electrons. The third kappa shape index (κ3) is 2.27. The maximum atomic E-state index is 2.27. The van der Waals surface area contributed by atoms with E-state index in [1.807, 2.05) is 0 Å². The Hall–Kier alpha value is -2.06. The summed E-state index contributed by atoms with van der Waals surface area (Å²) in [7, 11) is 4.21. The van der Waals surface area contributed by atoms with E-state index >= 15 is 0 Å². The Kier molecular flexibility index (Phi) is 3.10. The first-order valence-electron chi connectivity index (χ1n) is 6.55. The number of rotatable bonds is 3. The maximum absolute atomic E-state index is 2.27. The van der Waals surface area contributed by atoms with E-state index in [1.54, 1.807) is 0 Å². The lowest BCUT2D eigenvalue weighted by atomic mass is 10.2. The van der Waals surface area contributed by atoms with Crippen LogP contribution in [0.1, 0.15) is 5.56 Å². The molecule has 0 aliphatic carbocycles. The zero-order chi connectivity index (χ0) is 13.2. The van der Waals surface area contributed by atoms with Crippen LogP contribution in [0.15, 0.2) is 60.8 Å². The van der Waals surface area contributed by atoms with Gasteiger partial charge in [-0.15, -0.1) is 0 Å². The molecule has 0 fully saturated rings. The molecule has 0 radical (unpaired) electrons. The first-order valence-corrected chi connectivity index (χ1v) is 6.55. The van der Waals surface area contributed by atoms with Crippen molar-refractivity contribution in [2.75, 3.05) is 14.1 Å². The van der Waals surface area contributed by atoms with E-state index in [-0.39, 0.29) is 0 Å². The fourth-order valence-corrected chi connectivity index (χ4v) is 2.52. The van der Waals surface area contributed by atoms with Gasteiger partial charge in [-0.05, 0) is 37.9 Å². The van der Waals surface area contributed by atoms with Gasteiger partial charge in [0.15, 0.2) is 0 Å². The SMILES string of the molecule is CN(C)Cc1cn(-c2ccccc2)c2ccccc12. The summed E-state index contributed by atoms with van der Waals surface area (Å²) in [5, 5.41) is 1.33. The highest BCUT2D eigenvalue weighted by molar-refractivity contribution is 5.85. The first-order chi connectivity index (χ1) is 9.25. The van der Waals surface area contributed by atoms with Crippen molar-refractivity contribution in [3.05, 3.63) is 66.4 Å². The van der Waals surface area contributed by atoms with Crippen LogP contribution < -0.4 is 0 Å². The predicted molar refractivity (Wildman–Crippen MR) is 80.7 cm³/mol. The highest BCUT2D eigenvalue weighted by Gasteiger charge is 2.09. The molecule has 2 aromatic carbocycles. The van der Waals surface area contributed by atoms with E-state index in [4.69, 9.17) is 0 Å². The van der Waals surface area contributed by atoms with E-state index in [2.05, 4.69) is 84.4 Å². The molecule has 19 heavy (non-hydrogen) atoms. The van der Waals surface area contributed by atoms with Crippen LogP contribution in [0.25, 0.3) is 16.6 Å². The van der Waals surface area contributed by atoms with Gasteiger partial charge < -0.3 is 9.47 Å². The van der Waals surface area contributed by atoms with Crippen molar-refractivity contribution in [3.8, 4) is 5.69 Å². The summed E-state index contributed by atoms with van der Waals surface area (Å²) in [6, 6.07) is 19.1. The van der Waals surface area contributed by atoms with Crippen LogP contribution in [-0.4, -0.2) is 23.6 Å². The van der Waals surface area contributed by atoms with E-state index in [0.29, 0.717) is 0 Å². The Bertz CT molecular complexity index is 681. The van der Waals surface area contributed by atoms with Crippen LogP contribution in [0.3, 0.4) is 0 Å². The van der Waals surface area contributed by atoms with Gasteiger partial charge in [0.05, 0.1) is 5.52 Å². The molecule has 2 nitrogen and oxygen atoms in total. The lowest BCUT2D eigenvalue weighted by molar-refractivity contribution is 0.404. The van der Waals surface area contributed by atoms with Gasteiger partial charge >= 0.3 is 0 Å². The number of benzene rings is 2. The smallest absolute Gasteiger partial charge is 0.0531 e. The number of fused-ring (bicyclic) bond motifs is 1. The molecule has 0 saturated carbocycles. The van der Waals surface area contributed by atoms with Crippen LogP contribution in [-0.2, 0) is 6.54 Å². The van der Waals surface area contributed by atoms with Crippen molar-refractivity contribution in [2.45, 2.75) is 6.54 Å². The first kappa shape index (κ1) is 12.0. The van der Waals surface area contributed by atoms with E-state index in [9.17, 15) is 0 Å². The fourth-order valence-electron chi connectivity index (χ4n) is 2.52.